The monoisotopic (exact) mass is 426 g/mol. The number of benzene rings is 2. The molecule has 0 radical (unpaired) electrons. The zero-order valence-electron chi connectivity index (χ0n) is 15.6. The Morgan fingerprint density at radius 1 is 1.07 bits per heavy atom. The lowest BCUT2D eigenvalue weighted by molar-refractivity contribution is 0.391. The SMILES string of the molecule is CCCS(=O)(=O)N1CCc2ccc(NS(=O)(=O)Cc3ccccc3F)cc2C1. The van der Waals surface area contributed by atoms with Crippen LogP contribution in [0.25, 0.3) is 0 Å². The standard InChI is InChI=1S/C19H23FN2O4S2/c1-2-11-28(25,26)22-10-9-15-7-8-18(12-17(15)13-22)21-27(23,24)14-16-5-3-4-6-19(16)20/h3-8,12,21H,2,9-11,13-14H2,1H3. The summed E-state index contributed by atoms with van der Waals surface area (Å²) in [5.41, 5.74) is 2.20. The second-order valence-corrected chi connectivity index (χ2v) is 10.6. The van der Waals surface area contributed by atoms with Gasteiger partial charge in [-0.15, -0.1) is 0 Å². The van der Waals surface area contributed by atoms with Gasteiger partial charge < -0.3 is 0 Å². The van der Waals surface area contributed by atoms with Crippen LogP contribution in [0.5, 0.6) is 0 Å². The van der Waals surface area contributed by atoms with Crippen LogP contribution in [0, 0.1) is 5.82 Å². The fourth-order valence-corrected chi connectivity index (χ4v) is 5.94. The van der Waals surface area contributed by atoms with Crippen molar-refractivity contribution in [3.8, 4) is 0 Å². The predicted octanol–water partition coefficient (Wildman–Crippen LogP) is 2.87. The Labute approximate surface area is 165 Å². The second-order valence-electron chi connectivity index (χ2n) is 6.84. The van der Waals surface area contributed by atoms with Gasteiger partial charge in [-0.25, -0.2) is 21.2 Å². The molecule has 0 saturated heterocycles. The van der Waals surface area contributed by atoms with Gasteiger partial charge in [-0.2, -0.15) is 4.31 Å². The largest absolute Gasteiger partial charge is 0.283 e. The van der Waals surface area contributed by atoms with Crippen molar-refractivity contribution in [1.82, 2.24) is 4.31 Å². The average Bonchev–Trinajstić information content (AvgIpc) is 2.62. The fourth-order valence-electron chi connectivity index (χ4n) is 3.25. The molecule has 2 aromatic rings. The maximum Gasteiger partial charge on any atom is 0.237 e. The molecular formula is C19H23FN2O4S2. The van der Waals surface area contributed by atoms with Gasteiger partial charge in [-0.05, 0) is 42.2 Å². The van der Waals surface area contributed by atoms with Crippen LogP contribution in [0.4, 0.5) is 10.1 Å². The van der Waals surface area contributed by atoms with E-state index in [-0.39, 0.29) is 17.9 Å². The molecule has 1 N–H and O–H groups in total. The molecule has 1 aliphatic heterocycles. The number of hydrogen-bond donors (Lipinski definition) is 1. The molecule has 0 saturated carbocycles. The number of anilines is 1. The van der Waals surface area contributed by atoms with Crippen molar-refractivity contribution in [3.05, 3.63) is 65.0 Å². The molecule has 1 heterocycles. The van der Waals surface area contributed by atoms with Gasteiger partial charge in [0, 0.05) is 24.3 Å². The lowest BCUT2D eigenvalue weighted by Crippen LogP contribution is -2.37. The number of nitrogens with zero attached hydrogens (tertiary/aromatic N) is 1. The van der Waals surface area contributed by atoms with E-state index < -0.39 is 31.6 Å². The van der Waals surface area contributed by atoms with Crippen molar-refractivity contribution in [2.45, 2.75) is 32.1 Å². The van der Waals surface area contributed by atoms with Crippen LogP contribution in [-0.2, 0) is 38.8 Å². The van der Waals surface area contributed by atoms with E-state index >= 15 is 0 Å². The van der Waals surface area contributed by atoms with Crippen molar-refractivity contribution < 1.29 is 21.2 Å². The van der Waals surface area contributed by atoms with Crippen molar-refractivity contribution in [2.24, 2.45) is 0 Å². The van der Waals surface area contributed by atoms with Gasteiger partial charge in [-0.3, -0.25) is 4.72 Å². The van der Waals surface area contributed by atoms with Gasteiger partial charge in [0.1, 0.15) is 5.82 Å². The minimum Gasteiger partial charge on any atom is -0.283 e. The van der Waals surface area contributed by atoms with Crippen LogP contribution in [0.15, 0.2) is 42.5 Å². The minimum absolute atomic E-state index is 0.0878. The molecule has 0 bridgehead atoms. The van der Waals surface area contributed by atoms with Crippen molar-refractivity contribution >= 4 is 25.7 Å². The first-order valence-electron chi connectivity index (χ1n) is 9.04. The highest BCUT2D eigenvalue weighted by atomic mass is 32.2. The van der Waals surface area contributed by atoms with Gasteiger partial charge in [0.25, 0.3) is 0 Å². The summed E-state index contributed by atoms with van der Waals surface area (Å²) in [6.45, 7) is 2.46. The summed E-state index contributed by atoms with van der Waals surface area (Å²) < 4.78 is 67.1. The summed E-state index contributed by atoms with van der Waals surface area (Å²) in [5, 5.41) is 0. The summed E-state index contributed by atoms with van der Waals surface area (Å²) in [6, 6.07) is 10.8. The number of fused-ring (bicyclic) bond motifs is 1. The van der Waals surface area contributed by atoms with Gasteiger partial charge >= 0.3 is 0 Å². The molecule has 28 heavy (non-hydrogen) atoms. The summed E-state index contributed by atoms with van der Waals surface area (Å²) >= 11 is 0. The second kappa shape index (κ2) is 8.18. The quantitative estimate of drug-likeness (QED) is 0.738. The van der Waals surface area contributed by atoms with Gasteiger partial charge in [0.2, 0.25) is 20.0 Å². The number of hydrogen-bond acceptors (Lipinski definition) is 4. The highest BCUT2D eigenvalue weighted by Gasteiger charge is 2.26. The van der Waals surface area contributed by atoms with E-state index in [1.54, 1.807) is 24.3 Å². The smallest absolute Gasteiger partial charge is 0.237 e. The van der Waals surface area contributed by atoms with Crippen LogP contribution < -0.4 is 4.72 Å². The number of halogens is 1. The Morgan fingerprint density at radius 2 is 1.82 bits per heavy atom. The van der Waals surface area contributed by atoms with Crippen LogP contribution >= 0.6 is 0 Å². The van der Waals surface area contributed by atoms with Crippen LogP contribution in [0.1, 0.15) is 30.0 Å². The highest BCUT2D eigenvalue weighted by molar-refractivity contribution is 7.91. The van der Waals surface area contributed by atoms with E-state index in [1.165, 1.54) is 22.5 Å². The average molecular weight is 427 g/mol. The molecule has 0 aliphatic carbocycles. The highest BCUT2D eigenvalue weighted by Crippen LogP contribution is 2.25. The van der Waals surface area contributed by atoms with Crippen molar-refractivity contribution in [2.75, 3.05) is 17.0 Å². The zero-order chi connectivity index (χ0) is 20.4. The number of sulfonamides is 2. The molecular weight excluding hydrogens is 403 g/mol. The number of nitrogens with one attached hydrogen (secondary N) is 1. The van der Waals surface area contributed by atoms with E-state index in [1.807, 2.05) is 6.92 Å². The Morgan fingerprint density at radius 3 is 2.54 bits per heavy atom. The van der Waals surface area contributed by atoms with E-state index in [4.69, 9.17) is 0 Å². The Kier molecular flexibility index (Phi) is 6.07. The first kappa shape index (κ1) is 20.8. The summed E-state index contributed by atoms with van der Waals surface area (Å²) in [4.78, 5) is 0. The molecule has 0 aromatic heterocycles. The van der Waals surface area contributed by atoms with Gasteiger partial charge in [0.05, 0.1) is 11.5 Å². The minimum atomic E-state index is -3.81. The maximum atomic E-state index is 13.7. The molecule has 2 aromatic carbocycles. The molecule has 0 unspecified atom stereocenters. The molecule has 0 amide bonds. The van der Waals surface area contributed by atoms with Crippen molar-refractivity contribution in [3.63, 3.8) is 0 Å². The third-order valence-corrected chi connectivity index (χ3v) is 7.88. The topological polar surface area (TPSA) is 83.6 Å². The Balaban J connectivity index is 1.78. The van der Waals surface area contributed by atoms with Gasteiger partial charge in [-0.1, -0.05) is 31.2 Å². The first-order valence-corrected chi connectivity index (χ1v) is 12.3. The van der Waals surface area contributed by atoms with Crippen LogP contribution in [-0.4, -0.2) is 33.4 Å². The zero-order valence-corrected chi connectivity index (χ0v) is 17.2. The molecule has 152 valence electrons. The van der Waals surface area contributed by atoms with Crippen LogP contribution in [0.2, 0.25) is 0 Å². The molecule has 0 atom stereocenters. The Hall–Kier alpha value is -1.97. The van der Waals surface area contributed by atoms with E-state index in [9.17, 15) is 21.2 Å². The first-order chi connectivity index (χ1) is 13.2. The maximum absolute atomic E-state index is 13.7. The summed E-state index contributed by atoms with van der Waals surface area (Å²) in [6.07, 6.45) is 1.13. The third-order valence-electron chi connectivity index (χ3n) is 4.62. The summed E-state index contributed by atoms with van der Waals surface area (Å²) in [5.74, 6) is -0.958. The van der Waals surface area contributed by atoms with Crippen molar-refractivity contribution in [1.29, 1.82) is 0 Å². The van der Waals surface area contributed by atoms with E-state index in [0.29, 0.717) is 25.1 Å². The molecule has 1 aliphatic rings. The lowest BCUT2D eigenvalue weighted by atomic mass is 10.0. The summed E-state index contributed by atoms with van der Waals surface area (Å²) in [7, 11) is -7.13. The molecule has 6 nitrogen and oxygen atoms in total. The Bertz CT molecular complexity index is 1070. The van der Waals surface area contributed by atoms with Crippen LogP contribution in [0.3, 0.4) is 0 Å². The molecule has 0 fully saturated rings. The fraction of sp³-hybridized carbons (Fsp3) is 0.368. The third kappa shape index (κ3) is 4.89. The predicted molar refractivity (Wildman–Crippen MR) is 107 cm³/mol. The lowest BCUT2D eigenvalue weighted by Gasteiger charge is -2.28. The molecule has 9 heteroatoms. The van der Waals surface area contributed by atoms with Gasteiger partial charge in [0.15, 0.2) is 0 Å². The number of rotatable bonds is 7. The normalized spacial score (nSPS) is 15.2. The molecule has 3 rings (SSSR count). The van der Waals surface area contributed by atoms with E-state index in [2.05, 4.69) is 4.72 Å². The van der Waals surface area contributed by atoms with E-state index in [0.717, 1.165) is 11.1 Å². The molecule has 0 spiro atoms.